The fourth-order valence-electron chi connectivity index (χ4n) is 2.76. The van der Waals surface area contributed by atoms with Gasteiger partial charge in [0.1, 0.15) is 18.5 Å². The largest absolute Gasteiger partial charge is 0.491 e. The van der Waals surface area contributed by atoms with Gasteiger partial charge < -0.3 is 9.84 Å². The number of aliphatic hydroxyl groups is 1. The molecule has 0 aliphatic heterocycles. The number of benzene rings is 2. The van der Waals surface area contributed by atoms with Crippen molar-refractivity contribution in [3.05, 3.63) is 81.6 Å². The third-order valence-electron chi connectivity index (χ3n) is 4.27. The summed E-state index contributed by atoms with van der Waals surface area (Å²) in [6.07, 6.45) is -0.694. The molecule has 6 heteroatoms. The first kappa shape index (κ1) is 19.3. The smallest absolute Gasteiger partial charge is 0.193 e. The number of aromatic nitrogens is 2. The summed E-state index contributed by atoms with van der Waals surface area (Å²) in [6, 6.07) is 16.1. The van der Waals surface area contributed by atoms with Crippen molar-refractivity contribution < 1.29 is 14.6 Å². The number of hydrogen-bond donors (Lipinski definition) is 1. The summed E-state index contributed by atoms with van der Waals surface area (Å²) in [7, 11) is 0. The molecule has 0 fully saturated rings. The predicted molar refractivity (Wildman–Crippen MR) is 107 cm³/mol. The summed E-state index contributed by atoms with van der Waals surface area (Å²) >= 11 is 3.48. The van der Waals surface area contributed by atoms with Crippen LogP contribution in [0.5, 0.6) is 5.75 Å². The number of aryl methyl sites for hydroxylation is 1. The molecule has 1 atom stereocenters. The lowest BCUT2D eigenvalue weighted by molar-refractivity contribution is 0.0886. The minimum absolute atomic E-state index is 0.0303. The highest BCUT2D eigenvalue weighted by Crippen LogP contribution is 2.20. The molecule has 140 valence electrons. The fourth-order valence-corrected chi connectivity index (χ4v) is 3.04. The van der Waals surface area contributed by atoms with Gasteiger partial charge in [0.05, 0.1) is 16.7 Å². The van der Waals surface area contributed by atoms with E-state index in [4.69, 9.17) is 4.74 Å². The van der Waals surface area contributed by atoms with Crippen molar-refractivity contribution in [2.45, 2.75) is 26.5 Å². The Morgan fingerprint density at radius 3 is 2.33 bits per heavy atom. The first-order chi connectivity index (χ1) is 13.0. The molecule has 0 spiro atoms. The Kier molecular flexibility index (Phi) is 6.08. The summed E-state index contributed by atoms with van der Waals surface area (Å²) in [4.78, 5) is 12.4. The predicted octanol–water partition coefficient (Wildman–Crippen LogP) is 3.93. The Labute approximate surface area is 166 Å². The lowest BCUT2D eigenvalue weighted by Gasteiger charge is -2.14. The van der Waals surface area contributed by atoms with Crippen molar-refractivity contribution in [1.82, 2.24) is 9.78 Å². The Bertz CT molecular complexity index is 921. The van der Waals surface area contributed by atoms with Gasteiger partial charge in [-0.1, -0.05) is 30.3 Å². The molecule has 1 N–H and O–H groups in total. The van der Waals surface area contributed by atoms with Crippen molar-refractivity contribution in [3.63, 3.8) is 0 Å². The third kappa shape index (κ3) is 4.64. The lowest BCUT2D eigenvalue weighted by atomic mass is 10.0. The zero-order valence-electron chi connectivity index (χ0n) is 15.2. The standard InChI is InChI=1S/C21H21BrN2O3/c1-14-20(22)15(2)24(23-14)12-18(25)13-27-19-10-8-17(9-11-19)21(26)16-6-4-3-5-7-16/h3-11,18,25H,12-13H2,1-2H3/t18-/m0/s1. The van der Waals surface area contributed by atoms with E-state index in [1.165, 1.54) is 0 Å². The number of rotatable bonds is 7. The maximum absolute atomic E-state index is 12.4. The molecular formula is C21H21BrN2O3. The Morgan fingerprint density at radius 1 is 1.11 bits per heavy atom. The monoisotopic (exact) mass is 428 g/mol. The summed E-state index contributed by atoms with van der Waals surface area (Å²) in [5.41, 5.74) is 3.11. The molecule has 0 saturated carbocycles. The first-order valence-electron chi connectivity index (χ1n) is 8.66. The fraction of sp³-hybridized carbons (Fsp3) is 0.238. The van der Waals surface area contributed by atoms with Gasteiger partial charge in [-0.2, -0.15) is 5.10 Å². The van der Waals surface area contributed by atoms with E-state index in [1.54, 1.807) is 41.1 Å². The van der Waals surface area contributed by atoms with Gasteiger partial charge in [0.2, 0.25) is 0 Å². The minimum Gasteiger partial charge on any atom is -0.491 e. The second-order valence-corrected chi connectivity index (χ2v) is 7.14. The van der Waals surface area contributed by atoms with Gasteiger partial charge in [0, 0.05) is 16.8 Å². The first-order valence-corrected chi connectivity index (χ1v) is 9.45. The van der Waals surface area contributed by atoms with Crippen molar-refractivity contribution in [3.8, 4) is 5.75 Å². The van der Waals surface area contributed by atoms with Crippen LogP contribution in [0.15, 0.2) is 59.1 Å². The average Bonchev–Trinajstić information content (AvgIpc) is 2.93. The number of ether oxygens (including phenoxy) is 1. The lowest BCUT2D eigenvalue weighted by Crippen LogP contribution is -2.24. The average molecular weight is 429 g/mol. The van der Waals surface area contributed by atoms with E-state index >= 15 is 0 Å². The number of carbonyl (C=O) groups excluding carboxylic acids is 1. The molecule has 0 unspecified atom stereocenters. The van der Waals surface area contributed by atoms with Crippen LogP contribution < -0.4 is 4.74 Å². The van der Waals surface area contributed by atoms with Crippen LogP contribution in [0.2, 0.25) is 0 Å². The van der Waals surface area contributed by atoms with Crippen molar-refractivity contribution in [1.29, 1.82) is 0 Å². The Hall–Kier alpha value is -2.44. The van der Waals surface area contributed by atoms with Crippen molar-refractivity contribution in [2.24, 2.45) is 0 Å². The van der Waals surface area contributed by atoms with Crippen molar-refractivity contribution >= 4 is 21.7 Å². The summed E-state index contributed by atoms with van der Waals surface area (Å²) in [5, 5.41) is 14.6. The highest BCUT2D eigenvalue weighted by molar-refractivity contribution is 9.10. The van der Waals surface area contributed by atoms with Crippen LogP contribution >= 0.6 is 15.9 Å². The number of aliphatic hydroxyl groups excluding tert-OH is 1. The number of ketones is 1. The molecule has 2 aromatic carbocycles. The van der Waals surface area contributed by atoms with Gasteiger partial charge in [0.25, 0.3) is 0 Å². The Balaban J connectivity index is 1.57. The second kappa shape index (κ2) is 8.50. The van der Waals surface area contributed by atoms with Gasteiger partial charge in [-0.3, -0.25) is 9.48 Å². The van der Waals surface area contributed by atoms with E-state index in [2.05, 4.69) is 21.0 Å². The molecule has 1 heterocycles. The highest BCUT2D eigenvalue weighted by atomic mass is 79.9. The van der Waals surface area contributed by atoms with Gasteiger partial charge in [-0.15, -0.1) is 0 Å². The number of nitrogens with zero attached hydrogens (tertiary/aromatic N) is 2. The molecule has 0 bridgehead atoms. The molecule has 27 heavy (non-hydrogen) atoms. The van der Waals surface area contributed by atoms with Crippen LogP contribution in [0, 0.1) is 13.8 Å². The quantitative estimate of drug-likeness (QED) is 0.578. The van der Waals surface area contributed by atoms with Crippen LogP contribution in [0.1, 0.15) is 27.3 Å². The van der Waals surface area contributed by atoms with E-state index < -0.39 is 6.10 Å². The van der Waals surface area contributed by atoms with Crippen LogP contribution in [0.25, 0.3) is 0 Å². The van der Waals surface area contributed by atoms with Gasteiger partial charge in [-0.25, -0.2) is 0 Å². The topological polar surface area (TPSA) is 64.3 Å². The molecule has 0 radical (unpaired) electrons. The van der Waals surface area contributed by atoms with Gasteiger partial charge in [-0.05, 0) is 54.0 Å². The molecular weight excluding hydrogens is 408 g/mol. The number of hydrogen-bond acceptors (Lipinski definition) is 4. The molecule has 0 amide bonds. The van der Waals surface area contributed by atoms with Crippen LogP contribution in [0.3, 0.4) is 0 Å². The molecule has 3 rings (SSSR count). The SMILES string of the molecule is Cc1nn(C[C@H](O)COc2ccc(C(=O)c3ccccc3)cc2)c(C)c1Br. The maximum Gasteiger partial charge on any atom is 0.193 e. The normalized spacial score (nSPS) is 12.0. The van der Waals surface area contributed by atoms with E-state index in [0.717, 1.165) is 15.9 Å². The maximum atomic E-state index is 12.4. The molecule has 5 nitrogen and oxygen atoms in total. The molecule has 0 saturated heterocycles. The van der Waals surface area contributed by atoms with Gasteiger partial charge >= 0.3 is 0 Å². The molecule has 0 aliphatic carbocycles. The van der Waals surface area contributed by atoms with E-state index in [-0.39, 0.29) is 12.4 Å². The summed E-state index contributed by atoms with van der Waals surface area (Å²) < 4.78 is 8.36. The van der Waals surface area contributed by atoms with Gasteiger partial charge in [0.15, 0.2) is 5.78 Å². The highest BCUT2D eigenvalue weighted by Gasteiger charge is 2.14. The zero-order valence-corrected chi connectivity index (χ0v) is 16.8. The summed E-state index contributed by atoms with van der Waals surface area (Å²) in [5.74, 6) is 0.575. The van der Waals surface area contributed by atoms with Crippen LogP contribution in [-0.2, 0) is 6.54 Å². The number of carbonyl (C=O) groups is 1. The van der Waals surface area contributed by atoms with Crippen LogP contribution in [-0.4, -0.2) is 33.4 Å². The zero-order chi connectivity index (χ0) is 19.4. The minimum atomic E-state index is -0.694. The molecule has 3 aromatic rings. The molecule has 1 aromatic heterocycles. The Morgan fingerprint density at radius 2 is 1.74 bits per heavy atom. The second-order valence-electron chi connectivity index (χ2n) is 6.35. The van der Waals surface area contributed by atoms with Crippen LogP contribution in [0.4, 0.5) is 0 Å². The van der Waals surface area contributed by atoms with E-state index in [1.807, 2.05) is 32.0 Å². The van der Waals surface area contributed by atoms with E-state index in [0.29, 0.717) is 23.4 Å². The van der Waals surface area contributed by atoms with Crippen molar-refractivity contribution in [2.75, 3.05) is 6.61 Å². The number of halogens is 1. The molecule has 0 aliphatic rings. The van der Waals surface area contributed by atoms with E-state index in [9.17, 15) is 9.90 Å². The summed E-state index contributed by atoms with van der Waals surface area (Å²) in [6.45, 7) is 4.35. The third-order valence-corrected chi connectivity index (χ3v) is 5.42.